The van der Waals surface area contributed by atoms with E-state index in [-0.39, 0.29) is 11.8 Å². The van der Waals surface area contributed by atoms with E-state index >= 15 is 0 Å². The number of aliphatic hydroxyl groups is 1. The summed E-state index contributed by atoms with van der Waals surface area (Å²) >= 11 is 0. The highest BCUT2D eigenvalue weighted by Gasteiger charge is 2.11. The van der Waals surface area contributed by atoms with E-state index in [1.807, 2.05) is 6.92 Å². The fourth-order valence-corrected chi connectivity index (χ4v) is 0.987. The zero-order valence-corrected chi connectivity index (χ0v) is 8.13. The van der Waals surface area contributed by atoms with Gasteiger partial charge in [0, 0.05) is 12.5 Å². The van der Waals surface area contributed by atoms with Crippen LogP contribution in [0.1, 0.15) is 33.6 Å². The Bertz CT molecular complexity index is 134. The molecular formula is C9H19NO2. The van der Waals surface area contributed by atoms with Crippen LogP contribution in [-0.2, 0) is 4.79 Å². The van der Waals surface area contributed by atoms with Crippen LogP contribution >= 0.6 is 0 Å². The molecule has 0 radical (unpaired) electrons. The summed E-state index contributed by atoms with van der Waals surface area (Å²) in [6.45, 7) is 5.97. The van der Waals surface area contributed by atoms with E-state index in [4.69, 9.17) is 5.11 Å². The maximum atomic E-state index is 11.2. The van der Waals surface area contributed by atoms with Crippen LogP contribution in [0.5, 0.6) is 0 Å². The number of amides is 1. The molecule has 2 N–H and O–H groups in total. The van der Waals surface area contributed by atoms with E-state index < -0.39 is 6.10 Å². The van der Waals surface area contributed by atoms with Gasteiger partial charge in [-0.2, -0.15) is 0 Å². The molecule has 0 aromatic heterocycles. The maximum Gasteiger partial charge on any atom is 0.222 e. The van der Waals surface area contributed by atoms with Crippen molar-refractivity contribution in [1.29, 1.82) is 0 Å². The van der Waals surface area contributed by atoms with E-state index in [9.17, 15) is 4.79 Å². The molecule has 0 aromatic carbocycles. The lowest BCUT2D eigenvalue weighted by Crippen LogP contribution is -2.34. The van der Waals surface area contributed by atoms with E-state index in [2.05, 4.69) is 12.2 Å². The van der Waals surface area contributed by atoms with Crippen LogP contribution < -0.4 is 5.32 Å². The Labute approximate surface area is 74.2 Å². The van der Waals surface area contributed by atoms with Crippen molar-refractivity contribution < 1.29 is 9.90 Å². The monoisotopic (exact) mass is 173 g/mol. The predicted octanol–water partition coefficient (Wildman–Crippen LogP) is 0.920. The van der Waals surface area contributed by atoms with Gasteiger partial charge in [-0.1, -0.05) is 20.3 Å². The topological polar surface area (TPSA) is 49.3 Å². The van der Waals surface area contributed by atoms with Gasteiger partial charge in [-0.3, -0.25) is 4.79 Å². The number of nitrogens with one attached hydrogen (secondary N) is 1. The number of carbonyl (C=O) groups is 1. The summed E-state index contributed by atoms with van der Waals surface area (Å²) < 4.78 is 0. The van der Waals surface area contributed by atoms with E-state index in [1.165, 1.54) is 0 Å². The van der Waals surface area contributed by atoms with Crippen LogP contribution in [0.15, 0.2) is 0 Å². The molecule has 12 heavy (non-hydrogen) atoms. The zero-order valence-electron chi connectivity index (χ0n) is 8.13. The molecule has 0 spiro atoms. The molecule has 3 heteroatoms. The molecule has 0 rings (SSSR count). The molecule has 0 aliphatic carbocycles. The Hall–Kier alpha value is -0.570. The summed E-state index contributed by atoms with van der Waals surface area (Å²) in [4.78, 5) is 11.2. The van der Waals surface area contributed by atoms with Crippen LogP contribution in [-0.4, -0.2) is 23.7 Å². The van der Waals surface area contributed by atoms with Crippen molar-refractivity contribution in [3.63, 3.8) is 0 Å². The molecule has 0 bridgehead atoms. The van der Waals surface area contributed by atoms with Crippen LogP contribution in [0.25, 0.3) is 0 Å². The summed E-state index contributed by atoms with van der Waals surface area (Å²) in [6, 6.07) is 0. The maximum absolute atomic E-state index is 11.2. The molecule has 0 aromatic rings. The second-order valence-electron chi connectivity index (χ2n) is 3.28. The number of rotatable bonds is 5. The molecule has 1 amide bonds. The standard InChI is InChI=1S/C9H19NO2/c1-4-5-7(2)9(12)10-6-8(3)11/h7-8,11H,4-6H2,1-3H3,(H,10,12)/t7?,8-/m0/s1. The molecule has 0 saturated carbocycles. The van der Waals surface area contributed by atoms with Crippen molar-refractivity contribution in [3.8, 4) is 0 Å². The average molecular weight is 173 g/mol. The Morgan fingerprint density at radius 1 is 1.50 bits per heavy atom. The highest BCUT2D eigenvalue weighted by molar-refractivity contribution is 5.78. The third-order valence-electron chi connectivity index (χ3n) is 1.74. The summed E-state index contributed by atoms with van der Waals surface area (Å²) in [6.07, 6.45) is 1.47. The summed E-state index contributed by atoms with van der Waals surface area (Å²) in [5.41, 5.74) is 0. The fraction of sp³-hybridized carbons (Fsp3) is 0.889. The zero-order chi connectivity index (χ0) is 9.56. The Kier molecular flexibility index (Phi) is 5.72. The van der Waals surface area contributed by atoms with E-state index in [0.29, 0.717) is 6.54 Å². The largest absolute Gasteiger partial charge is 0.392 e. The van der Waals surface area contributed by atoms with Crippen molar-refractivity contribution in [2.45, 2.75) is 39.7 Å². The second-order valence-corrected chi connectivity index (χ2v) is 3.28. The Balaban J connectivity index is 3.57. The molecule has 0 aliphatic heterocycles. The van der Waals surface area contributed by atoms with Gasteiger partial charge in [-0.05, 0) is 13.3 Å². The van der Waals surface area contributed by atoms with Crippen LogP contribution in [0.3, 0.4) is 0 Å². The highest BCUT2D eigenvalue weighted by atomic mass is 16.3. The minimum atomic E-state index is -0.456. The number of carbonyl (C=O) groups excluding carboxylic acids is 1. The Morgan fingerprint density at radius 3 is 2.50 bits per heavy atom. The molecule has 3 nitrogen and oxygen atoms in total. The lowest BCUT2D eigenvalue weighted by molar-refractivity contribution is -0.125. The third-order valence-corrected chi connectivity index (χ3v) is 1.74. The minimum Gasteiger partial charge on any atom is -0.392 e. The van der Waals surface area contributed by atoms with Crippen molar-refractivity contribution in [3.05, 3.63) is 0 Å². The normalized spacial score (nSPS) is 15.3. The Morgan fingerprint density at radius 2 is 2.08 bits per heavy atom. The van der Waals surface area contributed by atoms with Gasteiger partial charge in [0.25, 0.3) is 0 Å². The van der Waals surface area contributed by atoms with Crippen molar-refractivity contribution in [2.75, 3.05) is 6.54 Å². The van der Waals surface area contributed by atoms with Gasteiger partial charge in [-0.25, -0.2) is 0 Å². The molecule has 0 heterocycles. The minimum absolute atomic E-state index is 0.0396. The van der Waals surface area contributed by atoms with Gasteiger partial charge in [0.05, 0.1) is 6.10 Å². The highest BCUT2D eigenvalue weighted by Crippen LogP contribution is 2.03. The smallest absolute Gasteiger partial charge is 0.222 e. The van der Waals surface area contributed by atoms with Gasteiger partial charge in [0.15, 0.2) is 0 Å². The SMILES string of the molecule is CCCC(C)C(=O)NC[C@H](C)O. The molecule has 0 saturated heterocycles. The van der Waals surface area contributed by atoms with Crippen molar-refractivity contribution in [2.24, 2.45) is 5.92 Å². The molecule has 0 aliphatic rings. The van der Waals surface area contributed by atoms with Crippen LogP contribution in [0.2, 0.25) is 0 Å². The third kappa shape index (κ3) is 5.13. The van der Waals surface area contributed by atoms with Gasteiger partial charge in [-0.15, -0.1) is 0 Å². The molecular weight excluding hydrogens is 154 g/mol. The fourth-order valence-electron chi connectivity index (χ4n) is 0.987. The van der Waals surface area contributed by atoms with Crippen molar-refractivity contribution in [1.82, 2.24) is 5.32 Å². The van der Waals surface area contributed by atoms with Crippen LogP contribution in [0.4, 0.5) is 0 Å². The van der Waals surface area contributed by atoms with Gasteiger partial charge < -0.3 is 10.4 Å². The first-order chi connectivity index (χ1) is 5.57. The van der Waals surface area contributed by atoms with Gasteiger partial charge >= 0.3 is 0 Å². The summed E-state index contributed by atoms with van der Waals surface area (Å²) in [5.74, 6) is 0.103. The molecule has 0 fully saturated rings. The second kappa shape index (κ2) is 6.00. The summed E-state index contributed by atoms with van der Waals surface area (Å²) in [7, 11) is 0. The van der Waals surface area contributed by atoms with Gasteiger partial charge in [0.2, 0.25) is 5.91 Å². The first kappa shape index (κ1) is 11.4. The van der Waals surface area contributed by atoms with Gasteiger partial charge in [0.1, 0.15) is 0 Å². The number of aliphatic hydroxyl groups excluding tert-OH is 1. The average Bonchev–Trinajstić information content (AvgIpc) is 2.00. The molecule has 72 valence electrons. The lowest BCUT2D eigenvalue weighted by Gasteiger charge is -2.11. The number of hydrogen-bond donors (Lipinski definition) is 2. The first-order valence-electron chi connectivity index (χ1n) is 4.53. The number of hydrogen-bond acceptors (Lipinski definition) is 2. The summed E-state index contributed by atoms with van der Waals surface area (Å²) in [5, 5.41) is 11.6. The quantitative estimate of drug-likeness (QED) is 0.649. The molecule has 1 unspecified atom stereocenters. The van der Waals surface area contributed by atoms with E-state index in [1.54, 1.807) is 6.92 Å². The van der Waals surface area contributed by atoms with Crippen molar-refractivity contribution >= 4 is 5.91 Å². The predicted molar refractivity (Wildman–Crippen MR) is 48.8 cm³/mol. The lowest BCUT2D eigenvalue weighted by atomic mass is 10.1. The first-order valence-corrected chi connectivity index (χ1v) is 4.53. The van der Waals surface area contributed by atoms with E-state index in [0.717, 1.165) is 12.8 Å². The molecule has 2 atom stereocenters. The van der Waals surface area contributed by atoms with Crippen LogP contribution in [0, 0.1) is 5.92 Å².